The average Bonchev–Trinajstić information content (AvgIpc) is 2.48. The number of benzene rings is 1. The zero-order valence-corrected chi connectivity index (χ0v) is 13.1. The van der Waals surface area contributed by atoms with Crippen molar-refractivity contribution >= 4 is 23.0 Å². The molecule has 1 fully saturated rings. The Hall–Kier alpha value is -1.24. The summed E-state index contributed by atoms with van der Waals surface area (Å²) in [6, 6.07) is 4.62. The van der Waals surface area contributed by atoms with E-state index < -0.39 is 0 Å². The number of aryl methyl sites for hydroxylation is 1. The molecule has 1 aromatic rings. The Morgan fingerprint density at radius 3 is 2.86 bits per heavy atom. The Morgan fingerprint density at radius 2 is 2.14 bits per heavy atom. The molecule has 1 saturated heterocycles. The van der Waals surface area contributed by atoms with E-state index in [1.807, 2.05) is 6.92 Å². The molecule has 1 aliphatic heterocycles. The monoisotopic (exact) mass is 311 g/mol. The Labute approximate surface area is 130 Å². The lowest BCUT2D eigenvalue weighted by Crippen LogP contribution is -2.38. The van der Waals surface area contributed by atoms with E-state index in [9.17, 15) is 4.39 Å². The third-order valence-electron chi connectivity index (χ3n) is 3.48. The summed E-state index contributed by atoms with van der Waals surface area (Å²) >= 11 is 5.25. The first-order chi connectivity index (χ1) is 10.1. The fourth-order valence-electron chi connectivity index (χ4n) is 2.26. The van der Waals surface area contributed by atoms with Gasteiger partial charge in [-0.1, -0.05) is 0 Å². The molecule has 0 aliphatic carbocycles. The number of ether oxygens (including phenoxy) is 1. The van der Waals surface area contributed by atoms with Gasteiger partial charge in [0.25, 0.3) is 0 Å². The van der Waals surface area contributed by atoms with Crippen LogP contribution >= 0.6 is 12.2 Å². The van der Waals surface area contributed by atoms with E-state index in [4.69, 9.17) is 17.0 Å². The Kier molecular flexibility index (Phi) is 6.35. The van der Waals surface area contributed by atoms with Crippen LogP contribution in [0.1, 0.15) is 12.0 Å². The molecule has 1 heterocycles. The molecule has 1 aromatic carbocycles. The van der Waals surface area contributed by atoms with Crippen LogP contribution in [0.15, 0.2) is 18.2 Å². The first-order valence-electron chi connectivity index (χ1n) is 7.26. The maximum atomic E-state index is 13.0. The SMILES string of the molecule is Cc1cc(F)ccc1NC(=S)NCCCN1CCOCC1. The van der Waals surface area contributed by atoms with Crippen LogP contribution in [0.25, 0.3) is 0 Å². The van der Waals surface area contributed by atoms with E-state index in [1.165, 1.54) is 12.1 Å². The third kappa shape index (κ3) is 5.57. The van der Waals surface area contributed by atoms with E-state index in [2.05, 4.69) is 15.5 Å². The van der Waals surface area contributed by atoms with Gasteiger partial charge in [-0.2, -0.15) is 0 Å². The van der Waals surface area contributed by atoms with Crippen LogP contribution in [0.4, 0.5) is 10.1 Å². The highest BCUT2D eigenvalue weighted by atomic mass is 32.1. The van der Waals surface area contributed by atoms with Crippen molar-refractivity contribution in [1.29, 1.82) is 0 Å². The molecule has 0 radical (unpaired) electrons. The normalized spacial score (nSPS) is 15.7. The molecule has 2 N–H and O–H groups in total. The van der Waals surface area contributed by atoms with Crippen LogP contribution < -0.4 is 10.6 Å². The molecule has 2 rings (SSSR count). The first-order valence-corrected chi connectivity index (χ1v) is 7.67. The number of thiocarbonyl (C=S) groups is 1. The molecule has 0 bridgehead atoms. The van der Waals surface area contributed by atoms with Gasteiger partial charge >= 0.3 is 0 Å². The zero-order chi connectivity index (χ0) is 15.1. The van der Waals surface area contributed by atoms with E-state index in [0.717, 1.165) is 57.1 Å². The minimum absolute atomic E-state index is 0.234. The molecule has 0 aromatic heterocycles. The van der Waals surface area contributed by atoms with E-state index in [1.54, 1.807) is 6.07 Å². The second-order valence-corrected chi connectivity index (χ2v) is 5.56. The molecular formula is C15H22FN3OS. The summed E-state index contributed by atoms with van der Waals surface area (Å²) in [4.78, 5) is 2.39. The van der Waals surface area contributed by atoms with Crippen molar-refractivity contribution in [3.63, 3.8) is 0 Å². The fraction of sp³-hybridized carbons (Fsp3) is 0.533. The Morgan fingerprint density at radius 1 is 1.38 bits per heavy atom. The molecule has 1 aliphatic rings. The third-order valence-corrected chi connectivity index (χ3v) is 3.72. The fourth-order valence-corrected chi connectivity index (χ4v) is 2.48. The summed E-state index contributed by atoms with van der Waals surface area (Å²) in [7, 11) is 0. The number of hydrogen-bond donors (Lipinski definition) is 2. The molecule has 0 atom stereocenters. The van der Waals surface area contributed by atoms with Crippen molar-refractivity contribution in [2.24, 2.45) is 0 Å². The number of hydrogen-bond acceptors (Lipinski definition) is 3. The molecule has 0 spiro atoms. The topological polar surface area (TPSA) is 36.5 Å². The molecule has 0 unspecified atom stereocenters. The van der Waals surface area contributed by atoms with Crippen molar-refractivity contribution < 1.29 is 9.13 Å². The lowest BCUT2D eigenvalue weighted by Gasteiger charge is -2.26. The van der Waals surface area contributed by atoms with Crippen LogP contribution in [0.3, 0.4) is 0 Å². The largest absolute Gasteiger partial charge is 0.379 e. The van der Waals surface area contributed by atoms with Crippen LogP contribution in [0, 0.1) is 12.7 Å². The Bertz CT molecular complexity index is 478. The zero-order valence-electron chi connectivity index (χ0n) is 12.3. The van der Waals surface area contributed by atoms with Gasteiger partial charge in [-0.3, -0.25) is 4.90 Å². The minimum atomic E-state index is -0.234. The summed E-state index contributed by atoms with van der Waals surface area (Å²) in [5.41, 5.74) is 1.68. The molecule has 21 heavy (non-hydrogen) atoms. The van der Waals surface area contributed by atoms with Crippen molar-refractivity contribution in [2.45, 2.75) is 13.3 Å². The van der Waals surface area contributed by atoms with Crippen LogP contribution in [-0.4, -0.2) is 49.4 Å². The van der Waals surface area contributed by atoms with Gasteiger partial charge in [0.05, 0.1) is 13.2 Å². The lowest BCUT2D eigenvalue weighted by molar-refractivity contribution is 0.0376. The van der Waals surface area contributed by atoms with Gasteiger partial charge in [-0.15, -0.1) is 0 Å². The highest BCUT2D eigenvalue weighted by Gasteiger charge is 2.09. The smallest absolute Gasteiger partial charge is 0.170 e. The molecular weight excluding hydrogens is 289 g/mol. The summed E-state index contributed by atoms with van der Waals surface area (Å²) in [6.07, 6.45) is 1.03. The number of nitrogens with zero attached hydrogens (tertiary/aromatic N) is 1. The lowest BCUT2D eigenvalue weighted by atomic mass is 10.2. The van der Waals surface area contributed by atoms with Gasteiger partial charge in [0.2, 0.25) is 0 Å². The predicted molar refractivity (Wildman–Crippen MR) is 87.2 cm³/mol. The summed E-state index contributed by atoms with van der Waals surface area (Å²) in [5.74, 6) is -0.234. The number of halogens is 1. The van der Waals surface area contributed by atoms with E-state index in [-0.39, 0.29) is 5.82 Å². The van der Waals surface area contributed by atoms with Crippen molar-refractivity contribution in [1.82, 2.24) is 10.2 Å². The summed E-state index contributed by atoms with van der Waals surface area (Å²) in [5, 5.41) is 6.85. The van der Waals surface area contributed by atoms with Crippen LogP contribution in [0.5, 0.6) is 0 Å². The summed E-state index contributed by atoms with van der Waals surface area (Å²) in [6.45, 7) is 7.41. The van der Waals surface area contributed by atoms with E-state index in [0.29, 0.717) is 5.11 Å². The van der Waals surface area contributed by atoms with Gasteiger partial charge in [0, 0.05) is 25.3 Å². The molecule has 116 valence electrons. The molecule has 0 saturated carbocycles. The Balaban J connectivity index is 1.65. The quantitative estimate of drug-likeness (QED) is 0.644. The van der Waals surface area contributed by atoms with Crippen molar-refractivity contribution in [2.75, 3.05) is 44.7 Å². The first kappa shape index (κ1) is 16.1. The highest BCUT2D eigenvalue weighted by molar-refractivity contribution is 7.80. The summed E-state index contributed by atoms with van der Waals surface area (Å²) < 4.78 is 18.3. The van der Waals surface area contributed by atoms with Gasteiger partial charge in [-0.25, -0.2) is 4.39 Å². The number of morpholine rings is 1. The second-order valence-electron chi connectivity index (χ2n) is 5.15. The van der Waals surface area contributed by atoms with E-state index >= 15 is 0 Å². The molecule has 6 heteroatoms. The number of rotatable bonds is 5. The molecule has 4 nitrogen and oxygen atoms in total. The highest BCUT2D eigenvalue weighted by Crippen LogP contribution is 2.15. The van der Waals surface area contributed by atoms with Crippen LogP contribution in [0.2, 0.25) is 0 Å². The number of anilines is 1. The average molecular weight is 311 g/mol. The molecule has 0 amide bonds. The number of nitrogens with one attached hydrogen (secondary N) is 2. The van der Waals surface area contributed by atoms with Gasteiger partial charge in [-0.05, 0) is 55.9 Å². The van der Waals surface area contributed by atoms with Gasteiger partial charge < -0.3 is 15.4 Å². The standard InChI is InChI=1S/C15H22FN3OS/c1-12-11-13(16)3-4-14(12)18-15(21)17-5-2-6-19-7-9-20-10-8-19/h3-4,11H,2,5-10H2,1H3,(H2,17,18,21). The maximum absolute atomic E-state index is 13.0. The van der Waals surface area contributed by atoms with Gasteiger partial charge in [0.1, 0.15) is 5.82 Å². The van der Waals surface area contributed by atoms with Crippen molar-refractivity contribution in [3.8, 4) is 0 Å². The second kappa shape index (κ2) is 8.26. The van der Waals surface area contributed by atoms with Gasteiger partial charge in [0.15, 0.2) is 5.11 Å². The van der Waals surface area contributed by atoms with Crippen molar-refractivity contribution in [3.05, 3.63) is 29.6 Å². The van der Waals surface area contributed by atoms with Crippen LogP contribution in [-0.2, 0) is 4.74 Å². The minimum Gasteiger partial charge on any atom is -0.379 e. The maximum Gasteiger partial charge on any atom is 0.170 e. The predicted octanol–water partition coefficient (Wildman–Crippen LogP) is 2.14.